The third-order valence-electron chi connectivity index (χ3n) is 4.05. The van der Waals surface area contributed by atoms with Crippen LogP contribution in [-0.4, -0.2) is 22.8 Å². The van der Waals surface area contributed by atoms with Gasteiger partial charge in [-0.05, 0) is 36.2 Å². The van der Waals surface area contributed by atoms with Gasteiger partial charge in [0.25, 0.3) is 5.91 Å². The van der Waals surface area contributed by atoms with E-state index in [-0.39, 0.29) is 11.8 Å². The molecule has 0 saturated carbocycles. The molecule has 0 spiro atoms. The van der Waals surface area contributed by atoms with Crippen molar-refractivity contribution in [3.05, 3.63) is 70.2 Å². The van der Waals surface area contributed by atoms with Crippen molar-refractivity contribution in [2.24, 2.45) is 0 Å². The Labute approximate surface area is 140 Å². The Bertz CT molecular complexity index is 760. The Balaban J connectivity index is 1.63. The molecule has 2 aromatic carbocycles. The number of carbonyl (C=O) groups is 2. The van der Waals surface area contributed by atoms with Crippen LogP contribution < -0.4 is 5.32 Å². The molecule has 0 aromatic heterocycles. The maximum Gasteiger partial charge on any atom is 0.255 e. The van der Waals surface area contributed by atoms with E-state index in [0.717, 1.165) is 11.1 Å². The summed E-state index contributed by atoms with van der Waals surface area (Å²) >= 11 is 5.93. The van der Waals surface area contributed by atoms with Gasteiger partial charge in [0.15, 0.2) is 0 Å². The minimum atomic E-state index is -0.519. The van der Waals surface area contributed by atoms with Gasteiger partial charge in [-0.15, -0.1) is 0 Å². The standard InChI is InChI=1S/C18H17ClN2O2/c1-12(17(22)20-10-13-5-4-7-15(19)9-13)21-11-14-6-2-3-8-16(14)18(21)23/h2-9,12H,10-11H2,1H3,(H,20,22)/t12-/m0/s1. The number of hydrogen-bond acceptors (Lipinski definition) is 2. The summed E-state index contributed by atoms with van der Waals surface area (Å²) in [6, 6.07) is 14.3. The molecule has 1 N–H and O–H groups in total. The van der Waals surface area contributed by atoms with Gasteiger partial charge in [-0.2, -0.15) is 0 Å². The first-order valence-corrected chi connectivity index (χ1v) is 7.85. The predicted octanol–water partition coefficient (Wildman–Crippen LogP) is 3.00. The SMILES string of the molecule is C[C@@H](C(=O)NCc1cccc(Cl)c1)N1Cc2ccccc2C1=O. The molecule has 1 heterocycles. The van der Waals surface area contributed by atoms with Gasteiger partial charge < -0.3 is 10.2 Å². The minimum absolute atomic E-state index is 0.0917. The van der Waals surface area contributed by atoms with E-state index >= 15 is 0 Å². The molecule has 0 radical (unpaired) electrons. The molecule has 1 aliphatic heterocycles. The number of carbonyl (C=O) groups excluding carboxylic acids is 2. The summed E-state index contributed by atoms with van der Waals surface area (Å²) < 4.78 is 0. The second-order valence-corrected chi connectivity index (χ2v) is 6.05. The summed E-state index contributed by atoms with van der Waals surface area (Å²) in [5.74, 6) is -0.267. The van der Waals surface area contributed by atoms with Crippen molar-refractivity contribution < 1.29 is 9.59 Å². The number of amides is 2. The Kier molecular flexibility index (Phi) is 4.35. The van der Waals surface area contributed by atoms with Gasteiger partial charge in [0.05, 0.1) is 0 Å². The van der Waals surface area contributed by atoms with Crippen molar-refractivity contribution >= 4 is 23.4 Å². The Morgan fingerprint density at radius 1 is 1.26 bits per heavy atom. The van der Waals surface area contributed by atoms with Gasteiger partial charge in [-0.25, -0.2) is 0 Å². The van der Waals surface area contributed by atoms with Crippen molar-refractivity contribution in [1.82, 2.24) is 10.2 Å². The molecule has 1 atom stereocenters. The molecule has 0 bridgehead atoms. The Morgan fingerprint density at radius 2 is 2.04 bits per heavy atom. The first-order valence-electron chi connectivity index (χ1n) is 7.47. The van der Waals surface area contributed by atoms with Crippen molar-refractivity contribution in [1.29, 1.82) is 0 Å². The van der Waals surface area contributed by atoms with Gasteiger partial charge in [0.2, 0.25) is 5.91 Å². The Hall–Kier alpha value is -2.33. The molecular formula is C18H17ClN2O2. The van der Waals surface area contributed by atoms with E-state index in [2.05, 4.69) is 5.32 Å². The number of nitrogens with one attached hydrogen (secondary N) is 1. The van der Waals surface area contributed by atoms with Gasteiger partial charge in [-0.1, -0.05) is 41.9 Å². The molecule has 0 unspecified atom stereocenters. The molecule has 0 fully saturated rings. The third kappa shape index (κ3) is 3.22. The molecule has 23 heavy (non-hydrogen) atoms. The number of halogens is 1. The highest BCUT2D eigenvalue weighted by Gasteiger charge is 2.33. The van der Waals surface area contributed by atoms with E-state index in [0.29, 0.717) is 23.7 Å². The second-order valence-electron chi connectivity index (χ2n) is 5.61. The normalized spacial score (nSPS) is 14.5. The van der Waals surface area contributed by atoms with Gasteiger partial charge in [0, 0.05) is 23.7 Å². The molecule has 118 valence electrons. The van der Waals surface area contributed by atoms with Crippen LogP contribution >= 0.6 is 11.6 Å². The van der Waals surface area contributed by atoms with Crippen molar-refractivity contribution in [3.8, 4) is 0 Å². The van der Waals surface area contributed by atoms with Crippen LogP contribution in [0.3, 0.4) is 0 Å². The maximum absolute atomic E-state index is 12.4. The zero-order chi connectivity index (χ0) is 16.4. The quantitative estimate of drug-likeness (QED) is 0.938. The van der Waals surface area contributed by atoms with E-state index in [9.17, 15) is 9.59 Å². The van der Waals surface area contributed by atoms with Gasteiger partial charge >= 0.3 is 0 Å². The third-order valence-corrected chi connectivity index (χ3v) is 4.29. The van der Waals surface area contributed by atoms with E-state index in [1.807, 2.05) is 36.4 Å². The van der Waals surface area contributed by atoms with Crippen LogP contribution in [0.4, 0.5) is 0 Å². The average molecular weight is 329 g/mol. The second kappa shape index (κ2) is 6.42. The molecule has 2 amide bonds. The lowest BCUT2D eigenvalue weighted by atomic mass is 10.1. The van der Waals surface area contributed by atoms with Crippen LogP contribution in [-0.2, 0) is 17.9 Å². The number of nitrogens with zero attached hydrogens (tertiary/aromatic N) is 1. The lowest BCUT2D eigenvalue weighted by Gasteiger charge is -2.23. The first-order chi connectivity index (χ1) is 11.1. The summed E-state index contributed by atoms with van der Waals surface area (Å²) in [4.78, 5) is 26.3. The highest BCUT2D eigenvalue weighted by molar-refractivity contribution is 6.30. The molecule has 3 rings (SSSR count). The molecule has 1 aliphatic rings. The molecule has 0 aliphatic carbocycles. The van der Waals surface area contributed by atoms with E-state index < -0.39 is 6.04 Å². The Morgan fingerprint density at radius 3 is 2.78 bits per heavy atom. The van der Waals surface area contributed by atoms with Crippen molar-refractivity contribution in [3.63, 3.8) is 0 Å². The van der Waals surface area contributed by atoms with E-state index in [1.54, 1.807) is 24.0 Å². The zero-order valence-electron chi connectivity index (χ0n) is 12.8. The smallest absolute Gasteiger partial charge is 0.255 e. The summed E-state index contributed by atoms with van der Waals surface area (Å²) in [5.41, 5.74) is 2.57. The van der Waals surface area contributed by atoms with E-state index in [4.69, 9.17) is 11.6 Å². The monoisotopic (exact) mass is 328 g/mol. The summed E-state index contributed by atoms with van der Waals surface area (Å²) in [5, 5.41) is 3.49. The summed E-state index contributed by atoms with van der Waals surface area (Å²) in [6.45, 7) is 2.61. The fourth-order valence-electron chi connectivity index (χ4n) is 2.72. The van der Waals surface area contributed by atoms with Crippen LogP contribution in [0.2, 0.25) is 5.02 Å². The number of hydrogen-bond donors (Lipinski definition) is 1. The maximum atomic E-state index is 12.4. The topological polar surface area (TPSA) is 49.4 Å². The fraction of sp³-hybridized carbons (Fsp3) is 0.222. The van der Waals surface area contributed by atoms with Crippen LogP contribution in [0.15, 0.2) is 48.5 Å². The molecule has 0 saturated heterocycles. The van der Waals surface area contributed by atoms with Crippen molar-refractivity contribution in [2.45, 2.75) is 26.1 Å². The summed E-state index contributed by atoms with van der Waals surface area (Å²) in [6.07, 6.45) is 0. The van der Waals surface area contributed by atoms with Crippen molar-refractivity contribution in [2.75, 3.05) is 0 Å². The lowest BCUT2D eigenvalue weighted by molar-refractivity contribution is -0.125. The van der Waals surface area contributed by atoms with Crippen LogP contribution in [0.1, 0.15) is 28.4 Å². The highest BCUT2D eigenvalue weighted by atomic mass is 35.5. The average Bonchev–Trinajstić information content (AvgIpc) is 2.89. The van der Waals surface area contributed by atoms with Crippen LogP contribution in [0, 0.1) is 0 Å². The van der Waals surface area contributed by atoms with Gasteiger partial charge in [0.1, 0.15) is 6.04 Å². The fourth-order valence-corrected chi connectivity index (χ4v) is 2.93. The summed E-state index contributed by atoms with van der Waals surface area (Å²) in [7, 11) is 0. The molecular weight excluding hydrogens is 312 g/mol. The number of benzene rings is 2. The molecule has 4 nitrogen and oxygen atoms in total. The minimum Gasteiger partial charge on any atom is -0.350 e. The van der Waals surface area contributed by atoms with E-state index in [1.165, 1.54) is 0 Å². The highest BCUT2D eigenvalue weighted by Crippen LogP contribution is 2.24. The van der Waals surface area contributed by atoms with Crippen LogP contribution in [0.25, 0.3) is 0 Å². The van der Waals surface area contributed by atoms with Crippen LogP contribution in [0.5, 0.6) is 0 Å². The lowest BCUT2D eigenvalue weighted by Crippen LogP contribution is -2.45. The predicted molar refractivity (Wildman–Crippen MR) is 89.1 cm³/mol. The largest absolute Gasteiger partial charge is 0.350 e. The number of rotatable bonds is 4. The molecule has 2 aromatic rings. The zero-order valence-corrected chi connectivity index (χ0v) is 13.5. The number of fused-ring (bicyclic) bond motifs is 1. The van der Waals surface area contributed by atoms with Gasteiger partial charge in [-0.3, -0.25) is 9.59 Å². The first kappa shape index (κ1) is 15.6. The molecule has 5 heteroatoms.